The second kappa shape index (κ2) is 3.70. The predicted molar refractivity (Wildman–Crippen MR) is 28.4 cm³/mol. The summed E-state index contributed by atoms with van der Waals surface area (Å²) >= 11 is 0. The maximum atomic E-state index is 11.9. The summed E-state index contributed by atoms with van der Waals surface area (Å²) in [6, 6.07) is 0. The molecule has 0 unspecified atom stereocenters. The molecule has 0 aliphatic carbocycles. The van der Waals surface area contributed by atoms with Crippen molar-refractivity contribution in [2.45, 2.75) is 6.11 Å². The van der Waals surface area contributed by atoms with E-state index in [4.69, 9.17) is 9.79 Å². The fourth-order valence-corrected chi connectivity index (χ4v) is 0.678. The van der Waals surface area contributed by atoms with Gasteiger partial charge in [-0.05, 0) is 0 Å². The minimum absolute atomic E-state index is 2.47. The van der Waals surface area contributed by atoms with E-state index in [2.05, 4.69) is 4.52 Å². The van der Waals surface area contributed by atoms with Crippen LogP contribution in [0.25, 0.3) is 0 Å². The van der Waals surface area contributed by atoms with Gasteiger partial charge in [-0.25, -0.2) is 9.09 Å². The Morgan fingerprint density at radius 1 is 1.23 bits per heavy atom. The van der Waals surface area contributed by atoms with E-state index in [0.717, 1.165) is 0 Å². The Hall–Kier alpha value is -0.500. The normalized spacial score (nSPS) is 12.8. The van der Waals surface area contributed by atoms with Gasteiger partial charge in [0.2, 0.25) is 0 Å². The van der Waals surface area contributed by atoms with Gasteiger partial charge in [0.15, 0.2) is 0 Å². The van der Waals surface area contributed by atoms with Crippen LogP contribution in [0.2, 0.25) is 0 Å². The maximum Gasteiger partial charge on any atom is 0.474 e. The summed E-state index contributed by atoms with van der Waals surface area (Å²) in [7, 11) is -5.74. The predicted octanol–water partition coefficient (Wildman–Crippen LogP) is 1.77. The van der Waals surface area contributed by atoms with E-state index in [1.807, 2.05) is 0 Å². The highest BCUT2D eigenvalue weighted by Gasteiger charge is 2.46. The first-order valence-electron chi connectivity index (χ1n) is 2.41. The molecule has 10 heteroatoms. The summed E-state index contributed by atoms with van der Waals surface area (Å²) in [5.74, 6) is -3.34. The van der Waals surface area contributed by atoms with Crippen LogP contribution in [0.4, 0.5) is 22.0 Å². The quantitative estimate of drug-likeness (QED) is 0.570. The fraction of sp³-hybridized carbons (Fsp3) is 0.333. The molecule has 0 aliphatic rings. The number of phosphoric ester groups is 1. The van der Waals surface area contributed by atoms with Crippen molar-refractivity contribution in [3.05, 3.63) is 11.9 Å². The third kappa shape index (κ3) is 4.32. The Balaban J connectivity index is 4.80. The fourth-order valence-electron chi connectivity index (χ4n) is 0.299. The average Bonchev–Trinajstić information content (AvgIpc) is 1.80. The molecule has 0 saturated carbocycles. The monoisotopic (exact) mass is 228 g/mol. The molecule has 4 nitrogen and oxygen atoms in total. The number of hydrogen-bond donors (Lipinski definition) is 2. The topological polar surface area (TPSA) is 66.8 Å². The Morgan fingerprint density at radius 3 is 1.85 bits per heavy atom. The summed E-state index contributed by atoms with van der Waals surface area (Å²) in [5, 5.41) is 0. The van der Waals surface area contributed by atoms with Gasteiger partial charge >= 0.3 is 20.0 Å². The standard InChI is InChI=1S/C3H2F5O4P/c4-1(2(5)6)3(7,8)12-13(9,10)11/h(H2,9,10,11). The van der Waals surface area contributed by atoms with Crippen molar-refractivity contribution in [3.8, 4) is 0 Å². The Morgan fingerprint density at radius 2 is 1.62 bits per heavy atom. The molecule has 2 N–H and O–H groups in total. The average molecular weight is 228 g/mol. The van der Waals surface area contributed by atoms with E-state index in [1.54, 1.807) is 0 Å². The number of alkyl halides is 2. The van der Waals surface area contributed by atoms with Crippen molar-refractivity contribution in [2.24, 2.45) is 0 Å². The van der Waals surface area contributed by atoms with Crippen molar-refractivity contribution >= 4 is 7.82 Å². The molecule has 0 bridgehead atoms. The van der Waals surface area contributed by atoms with Crippen molar-refractivity contribution in [2.75, 3.05) is 0 Å². The van der Waals surface area contributed by atoms with Gasteiger partial charge in [0.25, 0.3) is 5.83 Å². The van der Waals surface area contributed by atoms with Gasteiger partial charge in [-0.2, -0.15) is 22.0 Å². The van der Waals surface area contributed by atoms with Gasteiger partial charge in [-0.3, -0.25) is 0 Å². The minimum Gasteiger partial charge on any atom is -0.303 e. The highest BCUT2D eigenvalue weighted by Crippen LogP contribution is 2.46. The van der Waals surface area contributed by atoms with Crippen LogP contribution < -0.4 is 0 Å². The van der Waals surface area contributed by atoms with Crippen molar-refractivity contribution in [3.63, 3.8) is 0 Å². The van der Waals surface area contributed by atoms with Crippen molar-refractivity contribution < 1.29 is 40.8 Å². The zero-order valence-corrected chi connectivity index (χ0v) is 6.44. The van der Waals surface area contributed by atoms with E-state index in [0.29, 0.717) is 0 Å². The lowest BCUT2D eigenvalue weighted by atomic mass is 10.5. The number of phosphoric acid groups is 1. The third-order valence-electron chi connectivity index (χ3n) is 0.655. The molecule has 0 amide bonds. The van der Waals surface area contributed by atoms with Crippen LogP contribution in [0.15, 0.2) is 11.9 Å². The molecule has 0 radical (unpaired) electrons. The van der Waals surface area contributed by atoms with Gasteiger partial charge in [0, 0.05) is 0 Å². The molecule has 0 saturated heterocycles. The molecular formula is C3H2F5O4P. The van der Waals surface area contributed by atoms with Crippen LogP contribution in [0.5, 0.6) is 0 Å². The van der Waals surface area contributed by atoms with E-state index in [1.165, 1.54) is 0 Å². The van der Waals surface area contributed by atoms with Crippen LogP contribution in [-0.4, -0.2) is 15.9 Å². The molecule has 78 valence electrons. The van der Waals surface area contributed by atoms with Crippen LogP contribution in [0, 0.1) is 0 Å². The first-order valence-corrected chi connectivity index (χ1v) is 3.94. The lowest BCUT2D eigenvalue weighted by molar-refractivity contribution is -0.170. The van der Waals surface area contributed by atoms with Gasteiger partial charge in [-0.15, -0.1) is 0 Å². The van der Waals surface area contributed by atoms with Gasteiger partial charge in [-0.1, -0.05) is 0 Å². The minimum atomic E-state index is -5.74. The van der Waals surface area contributed by atoms with E-state index >= 15 is 0 Å². The SMILES string of the molecule is O=P(O)(O)OC(F)(F)C(F)=C(F)F. The zero-order valence-electron chi connectivity index (χ0n) is 5.55. The molecular weight excluding hydrogens is 226 g/mol. The van der Waals surface area contributed by atoms with Gasteiger partial charge in [0.05, 0.1) is 0 Å². The Bertz CT molecular complexity index is 265. The van der Waals surface area contributed by atoms with Crippen LogP contribution in [0.1, 0.15) is 0 Å². The lowest BCUT2D eigenvalue weighted by Gasteiger charge is -2.13. The molecule has 0 aromatic heterocycles. The van der Waals surface area contributed by atoms with Crippen LogP contribution in [-0.2, 0) is 9.09 Å². The smallest absolute Gasteiger partial charge is 0.303 e. The Kier molecular flexibility index (Phi) is 3.56. The molecule has 0 rings (SSSR count). The van der Waals surface area contributed by atoms with E-state index in [-0.39, 0.29) is 0 Å². The highest BCUT2D eigenvalue weighted by molar-refractivity contribution is 7.46. The maximum absolute atomic E-state index is 11.9. The highest BCUT2D eigenvalue weighted by atomic mass is 31.2. The summed E-state index contributed by atoms with van der Waals surface area (Å²) in [6.45, 7) is 0. The summed E-state index contributed by atoms with van der Waals surface area (Å²) in [4.78, 5) is 15.5. The number of rotatable bonds is 3. The van der Waals surface area contributed by atoms with Gasteiger partial charge in [0.1, 0.15) is 0 Å². The molecule has 0 aliphatic heterocycles. The molecule has 0 fully saturated rings. The molecule has 0 aromatic carbocycles. The molecule has 0 aromatic rings. The number of halogens is 5. The summed E-state index contributed by atoms with van der Waals surface area (Å²) in [6.07, 6.45) is -8.75. The van der Waals surface area contributed by atoms with Crippen molar-refractivity contribution in [1.29, 1.82) is 0 Å². The largest absolute Gasteiger partial charge is 0.474 e. The molecule has 0 heterocycles. The summed E-state index contributed by atoms with van der Waals surface area (Å²) < 4.78 is 70.2. The summed E-state index contributed by atoms with van der Waals surface area (Å²) in [5.41, 5.74) is 0. The second-order valence-electron chi connectivity index (χ2n) is 1.67. The van der Waals surface area contributed by atoms with Crippen molar-refractivity contribution in [1.82, 2.24) is 0 Å². The number of hydrogen-bond acceptors (Lipinski definition) is 2. The first kappa shape index (κ1) is 12.5. The molecule has 0 spiro atoms. The molecule has 13 heavy (non-hydrogen) atoms. The third-order valence-corrected chi connectivity index (χ3v) is 1.12. The van der Waals surface area contributed by atoms with Crippen LogP contribution >= 0.6 is 7.82 Å². The Labute approximate surface area is 67.9 Å². The second-order valence-corrected chi connectivity index (χ2v) is 2.84. The first-order chi connectivity index (χ1) is 5.56. The molecule has 0 atom stereocenters. The zero-order chi connectivity index (χ0) is 10.9. The van der Waals surface area contributed by atoms with Gasteiger partial charge < -0.3 is 9.79 Å². The van der Waals surface area contributed by atoms with Crippen LogP contribution in [0.3, 0.4) is 0 Å². The lowest BCUT2D eigenvalue weighted by Crippen LogP contribution is -2.20. The van der Waals surface area contributed by atoms with E-state index in [9.17, 15) is 26.5 Å². The van der Waals surface area contributed by atoms with E-state index < -0.39 is 25.8 Å².